The van der Waals surface area contributed by atoms with Crippen molar-refractivity contribution in [2.24, 2.45) is 0 Å². The van der Waals surface area contributed by atoms with Crippen LogP contribution in [0.3, 0.4) is 0 Å². The molecule has 0 aromatic heterocycles. The summed E-state index contributed by atoms with van der Waals surface area (Å²) in [5, 5.41) is 21.4. The van der Waals surface area contributed by atoms with Crippen molar-refractivity contribution >= 4 is 28.9 Å². The van der Waals surface area contributed by atoms with E-state index in [9.17, 15) is 10.4 Å². The fraction of sp³-hybridized carbons (Fsp3) is 0.278. The summed E-state index contributed by atoms with van der Waals surface area (Å²) in [6.45, 7) is 1.30. The van der Waals surface area contributed by atoms with Gasteiger partial charge in [-0.15, -0.1) is 0 Å². The number of halogens is 2. The van der Waals surface area contributed by atoms with Gasteiger partial charge in [0.05, 0.1) is 16.9 Å². The molecule has 3 nitrogen and oxygen atoms in total. The summed E-state index contributed by atoms with van der Waals surface area (Å²) in [6, 6.07) is 14.9. The number of nitriles is 1. The Balaban J connectivity index is 1.82. The minimum absolute atomic E-state index is 0.551. The lowest BCUT2D eigenvalue weighted by Gasteiger charge is -2.40. The van der Waals surface area contributed by atoms with Gasteiger partial charge in [0, 0.05) is 28.7 Å². The molecule has 1 N–H and O–H groups in total. The third kappa shape index (κ3) is 3.16. The molecule has 0 atom stereocenters. The highest BCUT2D eigenvalue weighted by Gasteiger charge is 2.35. The van der Waals surface area contributed by atoms with Crippen molar-refractivity contribution in [3.8, 4) is 6.07 Å². The van der Waals surface area contributed by atoms with Gasteiger partial charge >= 0.3 is 0 Å². The lowest BCUT2D eigenvalue weighted by atomic mass is 9.84. The van der Waals surface area contributed by atoms with Crippen LogP contribution in [0, 0.1) is 11.3 Å². The van der Waals surface area contributed by atoms with Crippen LogP contribution >= 0.6 is 23.2 Å². The number of piperidine rings is 1. The summed E-state index contributed by atoms with van der Waals surface area (Å²) in [7, 11) is 0. The molecule has 2 aromatic carbocycles. The van der Waals surface area contributed by atoms with Gasteiger partial charge in [-0.3, -0.25) is 0 Å². The van der Waals surface area contributed by atoms with Gasteiger partial charge in [-0.1, -0.05) is 41.4 Å². The second-order valence-electron chi connectivity index (χ2n) is 5.77. The Kier molecular flexibility index (Phi) is 4.50. The molecule has 1 aliphatic rings. The molecular weight excluding hydrogens is 331 g/mol. The molecule has 1 saturated heterocycles. The average molecular weight is 347 g/mol. The number of hydrogen-bond donors (Lipinski definition) is 1. The van der Waals surface area contributed by atoms with Crippen LogP contribution in [0.1, 0.15) is 24.0 Å². The van der Waals surface area contributed by atoms with Gasteiger partial charge in [0.25, 0.3) is 0 Å². The van der Waals surface area contributed by atoms with E-state index >= 15 is 0 Å². The SMILES string of the molecule is N#Cc1cc(Cl)ccc1N1CCC(O)(c2ccccc2Cl)CC1. The van der Waals surface area contributed by atoms with Crippen molar-refractivity contribution in [3.05, 3.63) is 63.6 Å². The Bertz CT molecular complexity index is 762. The third-order valence-corrected chi connectivity index (χ3v) is 4.95. The minimum Gasteiger partial charge on any atom is -0.385 e. The minimum atomic E-state index is -0.923. The van der Waals surface area contributed by atoms with Crippen LogP contribution in [0.15, 0.2) is 42.5 Å². The van der Waals surface area contributed by atoms with Crippen molar-refractivity contribution in [1.29, 1.82) is 5.26 Å². The first-order valence-corrected chi connectivity index (χ1v) is 8.21. The zero-order valence-corrected chi connectivity index (χ0v) is 14.0. The van der Waals surface area contributed by atoms with Crippen LogP contribution in [-0.2, 0) is 5.60 Å². The molecule has 23 heavy (non-hydrogen) atoms. The summed E-state index contributed by atoms with van der Waals surface area (Å²) < 4.78 is 0. The van der Waals surface area contributed by atoms with E-state index in [1.54, 1.807) is 18.2 Å². The lowest BCUT2D eigenvalue weighted by Crippen LogP contribution is -2.43. The molecule has 0 saturated carbocycles. The Morgan fingerprint density at radius 2 is 1.78 bits per heavy atom. The molecule has 0 aliphatic carbocycles. The van der Waals surface area contributed by atoms with E-state index in [2.05, 4.69) is 11.0 Å². The first kappa shape index (κ1) is 16.1. The Morgan fingerprint density at radius 1 is 1.09 bits per heavy atom. The first-order chi connectivity index (χ1) is 11.0. The molecule has 118 valence electrons. The highest BCUT2D eigenvalue weighted by Crippen LogP contribution is 2.38. The maximum Gasteiger partial charge on any atom is 0.101 e. The number of anilines is 1. The maximum atomic E-state index is 11.0. The van der Waals surface area contributed by atoms with Gasteiger partial charge in [0.15, 0.2) is 0 Å². The predicted molar refractivity (Wildman–Crippen MR) is 93.0 cm³/mol. The molecule has 0 spiro atoms. The highest BCUT2D eigenvalue weighted by molar-refractivity contribution is 6.31. The molecule has 1 heterocycles. The van der Waals surface area contributed by atoms with E-state index in [1.165, 1.54) is 0 Å². The summed E-state index contributed by atoms with van der Waals surface area (Å²) >= 11 is 12.2. The van der Waals surface area contributed by atoms with Crippen molar-refractivity contribution in [1.82, 2.24) is 0 Å². The number of hydrogen-bond acceptors (Lipinski definition) is 3. The van der Waals surface area contributed by atoms with Gasteiger partial charge in [-0.05, 0) is 37.1 Å². The van der Waals surface area contributed by atoms with Crippen LogP contribution in [0.5, 0.6) is 0 Å². The second kappa shape index (κ2) is 6.41. The standard InChI is InChI=1S/C18H16Cl2N2O/c19-14-5-6-17(13(11-14)12-21)22-9-7-18(23,8-10-22)15-3-1-2-4-16(15)20/h1-6,11,23H,7-10H2. The van der Waals surface area contributed by atoms with Crippen LogP contribution in [0.4, 0.5) is 5.69 Å². The second-order valence-corrected chi connectivity index (χ2v) is 6.62. The van der Waals surface area contributed by atoms with E-state index < -0.39 is 5.60 Å². The van der Waals surface area contributed by atoms with E-state index in [-0.39, 0.29) is 0 Å². The molecule has 0 amide bonds. The molecule has 0 radical (unpaired) electrons. The van der Waals surface area contributed by atoms with Crippen LogP contribution in [0.25, 0.3) is 0 Å². The molecule has 2 aromatic rings. The molecule has 0 bridgehead atoms. The normalized spacial score (nSPS) is 16.9. The molecule has 1 aliphatic heterocycles. The van der Waals surface area contributed by atoms with Crippen molar-refractivity contribution in [3.63, 3.8) is 0 Å². The first-order valence-electron chi connectivity index (χ1n) is 7.45. The van der Waals surface area contributed by atoms with Gasteiger partial charge in [0.1, 0.15) is 6.07 Å². The van der Waals surface area contributed by atoms with E-state index in [0.717, 1.165) is 11.3 Å². The van der Waals surface area contributed by atoms with Crippen molar-refractivity contribution in [2.75, 3.05) is 18.0 Å². The summed E-state index contributed by atoms with van der Waals surface area (Å²) in [6.07, 6.45) is 1.12. The van der Waals surface area contributed by atoms with Gasteiger partial charge in [0.2, 0.25) is 0 Å². The average Bonchev–Trinajstić information content (AvgIpc) is 2.56. The molecule has 3 rings (SSSR count). The van der Waals surface area contributed by atoms with Crippen LogP contribution in [0.2, 0.25) is 10.0 Å². The van der Waals surface area contributed by atoms with E-state index in [4.69, 9.17) is 23.2 Å². The number of aliphatic hydroxyl groups is 1. The van der Waals surface area contributed by atoms with Gasteiger partial charge in [-0.2, -0.15) is 5.26 Å². The summed E-state index contributed by atoms with van der Waals surface area (Å²) in [5.41, 5.74) is 1.27. The van der Waals surface area contributed by atoms with Gasteiger partial charge < -0.3 is 10.0 Å². The number of rotatable bonds is 2. The Labute approximate surface area is 145 Å². The Hall–Kier alpha value is -1.73. The summed E-state index contributed by atoms with van der Waals surface area (Å²) in [5.74, 6) is 0. The molecule has 0 unspecified atom stereocenters. The maximum absolute atomic E-state index is 11.0. The monoisotopic (exact) mass is 346 g/mol. The fourth-order valence-electron chi connectivity index (χ4n) is 3.10. The van der Waals surface area contributed by atoms with Crippen LogP contribution < -0.4 is 4.90 Å². The Morgan fingerprint density at radius 3 is 2.43 bits per heavy atom. The van der Waals surface area contributed by atoms with E-state index in [0.29, 0.717) is 41.5 Å². The molecule has 1 fully saturated rings. The third-order valence-electron chi connectivity index (χ3n) is 4.39. The lowest BCUT2D eigenvalue weighted by molar-refractivity contribution is 0.0119. The summed E-state index contributed by atoms with van der Waals surface area (Å²) in [4.78, 5) is 2.11. The quantitative estimate of drug-likeness (QED) is 0.878. The predicted octanol–water partition coefficient (Wildman–Crippen LogP) is 4.35. The zero-order chi connectivity index (χ0) is 16.4. The fourth-order valence-corrected chi connectivity index (χ4v) is 3.58. The van der Waals surface area contributed by atoms with Crippen molar-refractivity contribution < 1.29 is 5.11 Å². The highest BCUT2D eigenvalue weighted by atomic mass is 35.5. The number of benzene rings is 2. The molecule has 5 heteroatoms. The molecular formula is C18H16Cl2N2O. The number of nitrogens with zero attached hydrogens (tertiary/aromatic N) is 2. The largest absolute Gasteiger partial charge is 0.385 e. The van der Waals surface area contributed by atoms with Crippen molar-refractivity contribution in [2.45, 2.75) is 18.4 Å². The zero-order valence-electron chi connectivity index (χ0n) is 12.5. The van der Waals surface area contributed by atoms with Crippen LogP contribution in [-0.4, -0.2) is 18.2 Å². The van der Waals surface area contributed by atoms with Gasteiger partial charge in [-0.25, -0.2) is 0 Å². The van der Waals surface area contributed by atoms with E-state index in [1.807, 2.05) is 24.3 Å². The topological polar surface area (TPSA) is 47.3 Å². The smallest absolute Gasteiger partial charge is 0.101 e.